The smallest absolute Gasteiger partial charge is 0.344 e. The van der Waals surface area contributed by atoms with E-state index in [1.54, 1.807) is 0 Å². The molecule has 6 heteroatoms. The van der Waals surface area contributed by atoms with Crippen molar-refractivity contribution in [3.05, 3.63) is 29.3 Å². The van der Waals surface area contributed by atoms with E-state index in [2.05, 4.69) is 15.2 Å². The fourth-order valence-corrected chi connectivity index (χ4v) is 1.26. The first-order valence-electron chi connectivity index (χ1n) is 5.07. The van der Waals surface area contributed by atoms with Gasteiger partial charge in [-0.3, -0.25) is 0 Å². The molecule has 0 aliphatic rings. The summed E-state index contributed by atoms with van der Waals surface area (Å²) in [6.45, 7) is 4.04. The number of aromatic nitrogens is 1. The first-order chi connectivity index (χ1) is 8.06. The van der Waals surface area contributed by atoms with Gasteiger partial charge in [0.25, 0.3) is 0 Å². The molecule has 1 aromatic carbocycles. The topological polar surface area (TPSA) is 103 Å². The van der Waals surface area contributed by atoms with Crippen molar-refractivity contribution in [3.63, 3.8) is 0 Å². The highest BCUT2D eigenvalue weighted by molar-refractivity contribution is 5.52. The molecule has 0 saturated carbocycles. The van der Waals surface area contributed by atoms with Gasteiger partial charge in [-0.05, 0) is 37.1 Å². The molecule has 0 atom stereocenters. The number of azo groups is 1. The van der Waals surface area contributed by atoms with E-state index in [1.807, 2.05) is 32.0 Å². The monoisotopic (exact) mass is 231 g/mol. The summed E-state index contributed by atoms with van der Waals surface area (Å²) in [4.78, 5) is 3.79. The molecular formula is C11H13N5O. The second-order valence-electron chi connectivity index (χ2n) is 3.71. The van der Waals surface area contributed by atoms with Crippen molar-refractivity contribution in [2.45, 2.75) is 13.8 Å². The summed E-state index contributed by atoms with van der Waals surface area (Å²) >= 11 is 0. The Morgan fingerprint density at radius 3 is 2.47 bits per heavy atom. The van der Waals surface area contributed by atoms with Gasteiger partial charge < -0.3 is 15.9 Å². The lowest BCUT2D eigenvalue weighted by Gasteiger charge is -1.98. The minimum Gasteiger partial charge on any atom is -0.403 e. The highest BCUT2D eigenvalue weighted by atomic mass is 16.4. The summed E-state index contributed by atoms with van der Waals surface area (Å²) < 4.78 is 4.97. The van der Waals surface area contributed by atoms with Gasteiger partial charge in [-0.1, -0.05) is 11.2 Å². The maximum Gasteiger partial charge on any atom is 0.344 e. The third kappa shape index (κ3) is 2.41. The van der Waals surface area contributed by atoms with Gasteiger partial charge in [-0.15, -0.1) is 5.11 Å². The number of anilines is 2. The minimum atomic E-state index is 0.0539. The third-order valence-electron chi connectivity index (χ3n) is 2.41. The SMILES string of the molecule is Cc1ccc(N=Nc2nc(N)c(N)o2)cc1C. The average Bonchev–Trinajstić information content (AvgIpc) is 2.60. The largest absolute Gasteiger partial charge is 0.403 e. The van der Waals surface area contributed by atoms with Crippen LogP contribution in [-0.4, -0.2) is 4.98 Å². The number of nitrogen functional groups attached to an aromatic ring is 2. The zero-order valence-electron chi connectivity index (χ0n) is 9.64. The van der Waals surface area contributed by atoms with Crippen LogP contribution in [0.15, 0.2) is 32.8 Å². The number of oxazole rings is 1. The Bertz CT molecular complexity index is 554. The van der Waals surface area contributed by atoms with E-state index in [9.17, 15) is 0 Å². The van der Waals surface area contributed by atoms with E-state index in [4.69, 9.17) is 15.9 Å². The van der Waals surface area contributed by atoms with Crippen LogP contribution >= 0.6 is 0 Å². The van der Waals surface area contributed by atoms with E-state index in [-0.39, 0.29) is 17.7 Å². The molecule has 17 heavy (non-hydrogen) atoms. The molecule has 0 spiro atoms. The number of aryl methyl sites for hydroxylation is 2. The third-order valence-corrected chi connectivity index (χ3v) is 2.41. The Morgan fingerprint density at radius 1 is 1.12 bits per heavy atom. The van der Waals surface area contributed by atoms with E-state index in [0.717, 1.165) is 11.3 Å². The fourth-order valence-electron chi connectivity index (χ4n) is 1.26. The molecule has 0 aliphatic carbocycles. The van der Waals surface area contributed by atoms with Gasteiger partial charge in [0.15, 0.2) is 5.82 Å². The molecule has 4 N–H and O–H groups in total. The molecule has 0 amide bonds. The van der Waals surface area contributed by atoms with E-state index < -0.39 is 0 Å². The maximum atomic E-state index is 5.42. The van der Waals surface area contributed by atoms with Crippen LogP contribution in [0.5, 0.6) is 0 Å². The summed E-state index contributed by atoms with van der Waals surface area (Å²) in [5.74, 6) is 0.179. The molecule has 0 fully saturated rings. The zero-order valence-corrected chi connectivity index (χ0v) is 9.64. The lowest BCUT2D eigenvalue weighted by Crippen LogP contribution is -1.89. The molecule has 0 bridgehead atoms. The van der Waals surface area contributed by atoms with E-state index >= 15 is 0 Å². The van der Waals surface area contributed by atoms with Gasteiger partial charge in [0.05, 0.1) is 5.69 Å². The van der Waals surface area contributed by atoms with Crippen LogP contribution in [0.1, 0.15) is 11.1 Å². The first kappa shape index (κ1) is 11.1. The van der Waals surface area contributed by atoms with Crippen LogP contribution in [0.25, 0.3) is 0 Å². The summed E-state index contributed by atoms with van der Waals surface area (Å²) in [7, 11) is 0. The van der Waals surface area contributed by atoms with E-state index in [1.165, 1.54) is 5.56 Å². The van der Waals surface area contributed by atoms with Crippen LogP contribution in [0.4, 0.5) is 23.4 Å². The maximum absolute atomic E-state index is 5.42. The highest BCUT2D eigenvalue weighted by Crippen LogP contribution is 2.24. The normalized spacial score (nSPS) is 11.2. The molecular weight excluding hydrogens is 218 g/mol. The summed E-state index contributed by atoms with van der Waals surface area (Å²) in [6, 6.07) is 5.82. The Hall–Kier alpha value is -2.37. The number of rotatable bonds is 2. The second-order valence-corrected chi connectivity index (χ2v) is 3.71. The zero-order chi connectivity index (χ0) is 12.4. The van der Waals surface area contributed by atoms with Crippen molar-refractivity contribution in [3.8, 4) is 0 Å². The summed E-state index contributed by atoms with van der Waals surface area (Å²) in [5, 5.41) is 7.81. The second kappa shape index (κ2) is 4.25. The van der Waals surface area contributed by atoms with Crippen molar-refractivity contribution in [2.75, 3.05) is 11.5 Å². The van der Waals surface area contributed by atoms with Gasteiger partial charge in [-0.25, -0.2) is 0 Å². The summed E-state index contributed by atoms with van der Waals surface area (Å²) in [5.41, 5.74) is 13.9. The Kier molecular flexibility index (Phi) is 2.78. The van der Waals surface area contributed by atoms with Gasteiger partial charge in [-0.2, -0.15) is 4.98 Å². The Labute approximate surface area is 98.4 Å². The highest BCUT2D eigenvalue weighted by Gasteiger charge is 2.05. The molecule has 0 aliphatic heterocycles. The van der Waals surface area contributed by atoms with Crippen LogP contribution < -0.4 is 11.5 Å². The lowest BCUT2D eigenvalue weighted by molar-refractivity contribution is 0.582. The fraction of sp³-hybridized carbons (Fsp3) is 0.182. The standard InChI is InChI=1S/C11H13N5O/c1-6-3-4-8(5-7(6)2)15-16-11-14-9(12)10(13)17-11/h3-5H,12-13H2,1-2H3. The van der Waals surface area contributed by atoms with Crippen molar-refractivity contribution in [1.82, 2.24) is 4.98 Å². The Morgan fingerprint density at radius 2 is 1.88 bits per heavy atom. The van der Waals surface area contributed by atoms with Crippen LogP contribution in [0.3, 0.4) is 0 Å². The molecule has 0 radical (unpaired) electrons. The number of nitrogens with zero attached hydrogens (tertiary/aromatic N) is 3. The molecule has 2 aromatic rings. The molecule has 1 aromatic heterocycles. The molecule has 6 nitrogen and oxygen atoms in total. The van der Waals surface area contributed by atoms with Crippen LogP contribution in [0.2, 0.25) is 0 Å². The molecule has 0 saturated heterocycles. The van der Waals surface area contributed by atoms with Gasteiger partial charge in [0, 0.05) is 0 Å². The average molecular weight is 231 g/mol. The number of benzene rings is 1. The predicted molar refractivity (Wildman–Crippen MR) is 65.4 cm³/mol. The molecule has 1 heterocycles. The van der Waals surface area contributed by atoms with Crippen molar-refractivity contribution < 1.29 is 4.42 Å². The van der Waals surface area contributed by atoms with Crippen molar-refractivity contribution in [1.29, 1.82) is 0 Å². The minimum absolute atomic E-state index is 0.0539. The first-order valence-corrected chi connectivity index (χ1v) is 5.07. The van der Waals surface area contributed by atoms with E-state index in [0.29, 0.717) is 0 Å². The van der Waals surface area contributed by atoms with Crippen LogP contribution in [0, 0.1) is 13.8 Å². The number of hydrogen-bond acceptors (Lipinski definition) is 6. The lowest BCUT2D eigenvalue weighted by atomic mass is 10.1. The Balaban J connectivity index is 2.22. The van der Waals surface area contributed by atoms with Crippen molar-refractivity contribution in [2.24, 2.45) is 10.2 Å². The number of hydrogen-bond donors (Lipinski definition) is 2. The summed E-state index contributed by atoms with van der Waals surface area (Å²) in [6.07, 6.45) is 0. The quantitative estimate of drug-likeness (QED) is 0.775. The molecule has 88 valence electrons. The van der Waals surface area contributed by atoms with Gasteiger partial charge in [0.1, 0.15) is 0 Å². The molecule has 2 rings (SSSR count). The van der Waals surface area contributed by atoms with Gasteiger partial charge in [0.2, 0.25) is 5.88 Å². The predicted octanol–water partition coefficient (Wildman–Crippen LogP) is 2.87. The molecule has 0 unspecified atom stereocenters. The van der Waals surface area contributed by atoms with Crippen molar-refractivity contribution >= 4 is 23.4 Å². The number of nitrogens with two attached hydrogens (primary N) is 2. The van der Waals surface area contributed by atoms with Gasteiger partial charge >= 0.3 is 6.01 Å². The van der Waals surface area contributed by atoms with Crippen LogP contribution in [-0.2, 0) is 0 Å².